The maximum atomic E-state index is 4.40. The normalized spacial score (nSPS) is 10.3. The lowest BCUT2D eigenvalue weighted by molar-refractivity contribution is 0.709. The van der Waals surface area contributed by atoms with E-state index >= 15 is 0 Å². The molecule has 0 aliphatic heterocycles. The van der Waals surface area contributed by atoms with Gasteiger partial charge >= 0.3 is 0 Å². The van der Waals surface area contributed by atoms with E-state index in [9.17, 15) is 0 Å². The van der Waals surface area contributed by atoms with Crippen LogP contribution < -0.4 is 5.32 Å². The first-order chi connectivity index (χ1) is 7.90. The second-order valence-electron chi connectivity index (χ2n) is 3.24. The molecule has 0 saturated heterocycles. The van der Waals surface area contributed by atoms with E-state index in [1.54, 1.807) is 24.8 Å². The Kier molecular flexibility index (Phi) is 3.50. The Balaban J connectivity index is 2.22. The minimum atomic E-state index is 0.614. The first-order valence-electron chi connectivity index (χ1n) is 5.19. The highest BCUT2D eigenvalue weighted by atomic mass is 15.0. The molecule has 2 rings (SSSR count). The molecule has 0 bridgehead atoms. The minimum absolute atomic E-state index is 0.614. The molecule has 16 heavy (non-hydrogen) atoms. The van der Waals surface area contributed by atoms with Gasteiger partial charge < -0.3 is 5.32 Å². The van der Waals surface area contributed by atoms with Gasteiger partial charge in [-0.05, 0) is 12.6 Å². The quantitative estimate of drug-likeness (QED) is 0.825. The summed E-state index contributed by atoms with van der Waals surface area (Å²) < 4.78 is 0. The molecule has 0 radical (unpaired) electrons. The van der Waals surface area contributed by atoms with Crippen molar-refractivity contribution in [2.24, 2.45) is 0 Å². The van der Waals surface area contributed by atoms with Gasteiger partial charge in [0.05, 0.1) is 11.9 Å². The first kappa shape index (κ1) is 10.6. The topological polar surface area (TPSA) is 63.6 Å². The molecule has 0 fully saturated rings. The van der Waals surface area contributed by atoms with E-state index in [-0.39, 0.29) is 0 Å². The van der Waals surface area contributed by atoms with Crippen LogP contribution in [0.25, 0.3) is 11.5 Å². The van der Waals surface area contributed by atoms with Crippen LogP contribution in [0.3, 0.4) is 0 Å². The van der Waals surface area contributed by atoms with E-state index in [0.717, 1.165) is 18.8 Å². The highest BCUT2D eigenvalue weighted by molar-refractivity contribution is 5.46. The van der Waals surface area contributed by atoms with Crippen molar-refractivity contribution < 1.29 is 0 Å². The smallest absolute Gasteiger partial charge is 0.180 e. The molecule has 0 aliphatic rings. The van der Waals surface area contributed by atoms with Crippen molar-refractivity contribution in [2.45, 2.75) is 13.5 Å². The summed E-state index contributed by atoms with van der Waals surface area (Å²) in [6.45, 7) is 3.72. The number of nitrogens with one attached hydrogen (secondary N) is 1. The zero-order chi connectivity index (χ0) is 11.2. The van der Waals surface area contributed by atoms with Crippen molar-refractivity contribution in [3.05, 3.63) is 36.5 Å². The number of hydrogen-bond acceptors (Lipinski definition) is 5. The molecule has 5 nitrogen and oxygen atoms in total. The maximum Gasteiger partial charge on any atom is 0.180 e. The molecule has 0 amide bonds. The Hall–Kier alpha value is -1.88. The van der Waals surface area contributed by atoms with Gasteiger partial charge in [-0.2, -0.15) is 0 Å². The summed E-state index contributed by atoms with van der Waals surface area (Å²) in [5.74, 6) is 0.614. The number of rotatable bonds is 4. The molecule has 0 unspecified atom stereocenters. The molecule has 0 atom stereocenters. The van der Waals surface area contributed by atoms with Gasteiger partial charge in [-0.25, -0.2) is 15.0 Å². The fourth-order valence-electron chi connectivity index (χ4n) is 1.29. The van der Waals surface area contributed by atoms with E-state index in [4.69, 9.17) is 0 Å². The van der Waals surface area contributed by atoms with E-state index in [1.807, 2.05) is 6.07 Å². The van der Waals surface area contributed by atoms with Crippen LogP contribution >= 0.6 is 0 Å². The molecule has 2 aromatic heterocycles. The third kappa shape index (κ3) is 2.58. The van der Waals surface area contributed by atoms with Crippen molar-refractivity contribution in [1.82, 2.24) is 25.3 Å². The van der Waals surface area contributed by atoms with Crippen molar-refractivity contribution in [3.63, 3.8) is 0 Å². The molecule has 2 heterocycles. The molecular formula is C11H13N5. The lowest BCUT2D eigenvalue weighted by Crippen LogP contribution is -2.13. The predicted octanol–water partition coefficient (Wildman–Crippen LogP) is 1.04. The summed E-state index contributed by atoms with van der Waals surface area (Å²) in [5.41, 5.74) is 1.65. The minimum Gasteiger partial charge on any atom is -0.311 e. The summed E-state index contributed by atoms with van der Waals surface area (Å²) in [6, 6.07) is 1.89. The molecular weight excluding hydrogens is 202 g/mol. The van der Waals surface area contributed by atoms with Gasteiger partial charge in [-0.15, -0.1) is 0 Å². The fraction of sp³-hybridized carbons (Fsp3) is 0.273. The molecule has 1 N–H and O–H groups in total. The lowest BCUT2D eigenvalue weighted by atomic mass is 10.3. The highest BCUT2D eigenvalue weighted by Crippen LogP contribution is 2.08. The van der Waals surface area contributed by atoms with Gasteiger partial charge in [0.2, 0.25) is 0 Å². The standard InChI is InChI=1S/C11H13N5/c1-2-12-7-9-3-4-15-11(16-9)10-8-13-5-6-14-10/h3-6,8,12H,2,7H2,1H3. The maximum absolute atomic E-state index is 4.40. The van der Waals surface area contributed by atoms with Gasteiger partial charge in [-0.3, -0.25) is 4.98 Å². The van der Waals surface area contributed by atoms with E-state index in [1.165, 1.54) is 0 Å². The third-order valence-corrected chi connectivity index (χ3v) is 2.06. The number of nitrogens with zero attached hydrogens (tertiary/aromatic N) is 4. The Morgan fingerprint density at radius 3 is 2.88 bits per heavy atom. The van der Waals surface area contributed by atoms with Gasteiger partial charge in [0.15, 0.2) is 5.82 Å². The molecule has 2 aromatic rings. The molecule has 0 spiro atoms. The second kappa shape index (κ2) is 5.27. The summed E-state index contributed by atoms with van der Waals surface area (Å²) in [4.78, 5) is 16.7. The molecule has 82 valence electrons. The highest BCUT2D eigenvalue weighted by Gasteiger charge is 2.03. The molecule has 0 aliphatic carbocycles. The largest absolute Gasteiger partial charge is 0.311 e. The van der Waals surface area contributed by atoms with Gasteiger partial charge in [0, 0.05) is 25.1 Å². The fourth-order valence-corrected chi connectivity index (χ4v) is 1.29. The molecule has 0 saturated carbocycles. The van der Waals surface area contributed by atoms with Crippen LogP contribution in [0, 0.1) is 0 Å². The lowest BCUT2D eigenvalue weighted by Gasteiger charge is -2.03. The van der Waals surface area contributed by atoms with Gasteiger partial charge in [0.25, 0.3) is 0 Å². The van der Waals surface area contributed by atoms with Crippen molar-refractivity contribution >= 4 is 0 Å². The van der Waals surface area contributed by atoms with Crippen LogP contribution in [-0.4, -0.2) is 26.5 Å². The SMILES string of the molecule is CCNCc1ccnc(-c2cnccn2)n1. The monoisotopic (exact) mass is 215 g/mol. The van der Waals surface area contributed by atoms with Crippen molar-refractivity contribution in [3.8, 4) is 11.5 Å². The average molecular weight is 215 g/mol. The zero-order valence-corrected chi connectivity index (χ0v) is 9.09. The van der Waals surface area contributed by atoms with Crippen LogP contribution in [0.1, 0.15) is 12.6 Å². The Bertz CT molecular complexity index is 443. The van der Waals surface area contributed by atoms with Crippen LogP contribution in [0.4, 0.5) is 0 Å². The van der Waals surface area contributed by atoms with Crippen LogP contribution in [0.2, 0.25) is 0 Å². The Labute approximate surface area is 94.0 Å². The van der Waals surface area contributed by atoms with Crippen molar-refractivity contribution in [2.75, 3.05) is 6.54 Å². The first-order valence-corrected chi connectivity index (χ1v) is 5.19. The van der Waals surface area contributed by atoms with Gasteiger partial charge in [-0.1, -0.05) is 6.92 Å². The summed E-state index contributed by atoms with van der Waals surface area (Å²) in [7, 11) is 0. The zero-order valence-electron chi connectivity index (χ0n) is 9.09. The second-order valence-corrected chi connectivity index (χ2v) is 3.24. The number of aromatic nitrogens is 4. The van der Waals surface area contributed by atoms with E-state index in [2.05, 4.69) is 32.2 Å². The number of hydrogen-bond donors (Lipinski definition) is 1. The van der Waals surface area contributed by atoms with Gasteiger partial charge in [0.1, 0.15) is 5.69 Å². The third-order valence-electron chi connectivity index (χ3n) is 2.06. The van der Waals surface area contributed by atoms with E-state index in [0.29, 0.717) is 11.5 Å². The summed E-state index contributed by atoms with van der Waals surface area (Å²) >= 11 is 0. The molecule has 5 heteroatoms. The van der Waals surface area contributed by atoms with E-state index < -0.39 is 0 Å². The average Bonchev–Trinajstić information content (AvgIpc) is 2.38. The summed E-state index contributed by atoms with van der Waals surface area (Å²) in [6.07, 6.45) is 6.66. The predicted molar refractivity (Wildman–Crippen MR) is 60.4 cm³/mol. The van der Waals surface area contributed by atoms with Crippen molar-refractivity contribution in [1.29, 1.82) is 0 Å². The van der Waals surface area contributed by atoms with Crippen LogP contribution in [0.5, 0.6) is 0 Å². The Morgan fingerprint density at radius 2 is 2.12 bits per heavy atom. The molecule has 0 aromatic carbocycles. The van der Waals surface area contributed by atoms with Crippen LogP contribution in [-0.2, 0) is 6.54 Å². The van der Waals surface area contributed by atoms with Crippen LogP contribution in [0.15, 0.2) is 30.9 Å². The Morgan fingerprint density at radius 1 is 1.19 bits per heavy atom. The summed E-state index contributed by atoms with van der Waals surface area (Å²) in [5, 5.41) is 3.22.